The molecule has 0 amide bonds. The molecule has 0 aromatic rings. The summed E-state index contributed by atoms with van der Waals surface area (Å²) in [6, 6.07) is 0. The Bertz CT molecular complexity index is 314. The standard InChI is InChI=1S/C14H22O2.C2H6/c1-7-12(11(2)15)13(16-6)9-8-10-14(3,4)5;1-2/h7-9H,1,10H2,2-6H3;1-2H3/b9-8-,13-12-;. The van der Waals surface area contributed by atoms with Gasteiger partial charge in [0.05, 0.1) is 12.7 Å². The first-order chi connectivity index (χ1) is 8.31. The van der Waals surface area contributed by atoms with E-state index in [0.717, 1.165) is 6.42 Å². The van der Waals surface area contributed by atoms with Crippen molar-refractivity contribution in [3.05, 3.63) is 36.1 Å². The molecule has 0 aliphatic carbocycles. The Morgan fingerprint density at radius 3 is 2.06 bits per heavy atom. The van der Waals surface area contributed by atoms with Crippen molar-refractivity contribution in [3.8, 4) is 0 Å². The molecule has 0 saturated carbocycles. The van der Waals surface area contributed by atoms with Crippen molar-refractivity contribution >= 4 is 5.78 Å². The molecule has 18 heavy (non-hydrogen) atoms. The van der Waals surface area contributed by atoms with Crippen molar-refractivity contribution in [3.63, 3.8) is 0 Å². The van der Waals surface area contributed by atoms with E-state index in [0.29, 0.717) is 11.3 Å². The van der Waals surface area contributed by atoms with Crippen LogP contribution in [0.15, 0.2) is 36.1 Å². The predicted molar refractivity (Wildman–Crippen MR) is 79.5 cm³/mol. The number of hydrogen-bond acceptors (Lipinski definition) is 2. The van der Waals surface area contributed by atoms with E-state index in [1.807, 2.05) is 26.0 Å². The lowest BCUT2D eigenvalue weighted by Gasteiger charge is -2.14. The predicted octanol–water partition coefficient (Wildman–Crippen LogP) is 4.68. The van der Waals surface area contributed by atoms with Crippen LogP contribution in [-0.2, 0) is 9.53 Å². The molecule has 2 heteroatoms. The van der Waals surface area contributed by atoms with Crippen LogP contribution in [0.1, 0.15) is 48.0 Å². The minimum absolute atomic E-state index is 0.0349. The number of rotatable bonds is 5. The van der Waals surface area contributed by atoms with Gasteiger partial charge in [0, 0.05) is 0 Å². The Hall–Kier alpha value is -1.31. The molecule has 104 valence electrons. The second-order valence-electron chi connectivity index (χ2n) is 4.91. The van der Waals surface area contributed by atoms with E-state index in [1.54, 1.807) is 7.11 Å². The molecule has 0 fully saturated rings. The summed E-state index contributed by atoms with van der Waals surface area (Å²) in [4.78, 5) is 11.3. The molecule has 0 saturated heterocycles. The van der Waals surface area contributed by atoms with E-state index >= 15 is 0 Å². The van der Waals surface area contributed by atoms with Gasteiger partial charge in [-0.05, 0) is 24.8 Å². The molecule has 0 N–H and O–H groups in total. The average molecular weight is 252 g/mol. The number of carbonyl (C=O) groups is 1. The maximum absolute atomic E-state index is 11.3. The number of allylic oxidation sites excluding steroid dienone is 4. The van der Waals surface area contributed by atoms with Gasteiger partial charge in [0.1, 0.15) is 5.76 Å². The molecule has 0 aromatic carbocycles. The molecule has 0 radical (unpaired) electrons. The monoisotopic (exact) mass is 252 g/mol. The summed E-state index contributed by atoms with van der Waals surface area (Å²) < 4.78 is 5.18. The summed E-state index contributed by atoms with van der Waals surface area (Å²) in [6.45, 7) is 15.6. The van der Waals surface area contributed by atoms with Crippen LogP contribution in [0.25, 0.3) is 0 Å². The van der Waals surface area contributed by atoms with Gasteiger partial charge in [-0.1, -0.05) is 53.3 Å². The summed E-state index contributed by atoms with van der Waals surface area (Å²) in [5, 5.41) is 0. The molecule has 0 aromatic heterocycles. The van der Waals surface area contributed by atoms with Gasteiger partial charge >= 0.3 is 0 Å². The van der Waals surface area contributed by atoms with E-state index in [1.165, 1.54) is 13.0 Å². The highest BCUT2D eigenvalue weighted by atomic mass is 16.5. The molecule has 0 unspecified atom stereocenters. The molecule has 2 nitrogen and oxygen atoms in total. The topological polar surface area (TPSA) is 26.3 Å². The highest BCUT2D eigenvalue weighted by Gasteiger charge is 2.09. The normalized spacial score (nSPS) is 12.4. The maximum atomic E-state index is 11.3. The molecular weight excluding hydrogens is 224 g/mol. The smallest absolute Gasteiger partial charge is 0.163 e. The van der Waals surface area contributed by atoms with Crippen molar-refractivity contribution in [2.45, 2.75) is 48.0 Å². The fourth-order valence-corrected chi connectivity index (χ4v) is 1.21. The van der Waals surface area contributed by atoms with Crippen LogP contribution in [-0.4, -0.2) is 12.9 Å². The summed E-state index contributed by atoms with van der Waals surface area (Å²) in [5.41, 5.74) is 0.757. The second-order valence-corrected chi connectivity index (χ2v) is 4.91. The third-order valence-electron chi connectivity index (χ3n) is 2.07. The number of methoxy groups -OCH3 is 1. The lowest BCUT2D eigenvalue weighted by Crippen LogP contribution is -2.03. The van der Waals surface area contributed by atoms with Crippen molar-refractivity contribution in [2.24, 2.45) is 5.41 Å². The minimum Gasteiger partial charge on any atom is -0.496 e. The molecule has 0 aliphatic heterocycles. The molecule has 0 atom stereocenters. The fourth-order valence-electron chi connectivity index (χ4n) is 1.21. The van der Waals surface area contributed by atoms with E-state index in [4.69, 9.17) is 4.74 Å². The SMILES string of the molecule is C=C/C(C(C)=O)=C(\C=C/CC(C)(C)C)OC.CC. The minimum atomic E-state index is -0.0349. The third kappa shape index (κ3) is 8.80. The molecule has 0 bridgehead atoms. The summed E-state index contributed by atoms with van der Waals surface area (Å²) in [6.07, 6.45) is 6.32. The zero-order chi connectivity index (χ0) is 14.8. The van der Waals surface area contributed by atoms with Gasteiger partial charge in [-0.15, -0.1) is 0 Å². The van der Waals surface area contributed by atoms with Gasteiger partial charge in [-0.3, -0.25) is 4.79 Å². The molecule has 0 rings (SSSR count). The average Bonchev–Trinajstić information content (AvgIpc) is 2.28. The van der Waals surface area contributed by atoms with Gasteiger partial charge in [-0.2, -0.15) is 0 Å². The second kappa shape index (κ2) is 9.69. The van der Waals surface area contributed by atoms with Crippen LogP contribution in [0.5, 0.6) is 0 Å². The first-order valence-electron chi connectivity index (χ1n) is 6.40. The highest BCUT2D eigenvalue weighted by Crippen LogP contribution is 2.20. The Morgan fingerprint density at radius 1 is 1.28 bits per heavy atom. The van der Waals surface area contributed by atoms with E-state index in [9.17, 15) is 4.79 Å². The number of ether oxygens (including phenoxy) is 1. The number of carbonyl (C=O) groups excluding carboxylic acids is 1. The zero-order valence-electron chi connectivity index (χ0n) is 13.0. The summed E-state index contributed by atoms with van der Waals surface area (Å²) >= 11 is 0. The van der Waals surface area contributed by atoms with E-state index in [-0.39, 0.29) is 11.2 Å². The Kier molecular flexibility index (Phi) is 10.3. The van der Waals surface area contributed by atoms with Crippen LogP contribution in [0.2, 0.25) is 0 Å². The van der Waals surface area contributed by atoms with Gasteiger partial charge in [0.2, 0.25) is 0 Å². The van der Waals surface area contributed by atoms with Crippen LogP contribution in [0.4, 0.5) is 0 Å². The first-order valence-corrected chi connectivity index (χ1v) is 6.40. The quantitative estimate of drug-likeness (QED) is 0.403. The van der Waals surface area contributed by atoms with Crippen molar-refractivity contribution in [2.75, 3.05) is 7.11 Å². The third-order valence-corrected chi connectivity index (χ3v) is 2.07. The van der Waals surface area contributed by atoms with E-state index in [2.05, 4.69) is 27.4 Å². The Morgan fingerprint density at radius 2 is 1.78 bits per heavy atom. The highest BCUT2D eigenvalue weighted by molar-refractivity contribution is 5.96. The Balaban J connectivity index is 0. The van der Waals surface area contributed by atoms with Gasteiger partial charge in [-0.25, -0.2) is 0 Å². The Labute approximate surface area is 112 Å². The van der Waals surface area contributed by atoms with Crippen LogP contribution in [0.3, 0.4) is 0 Å². The summed E-state index contributed by atoms with van der Waals surface area (Å²) in [7, 11) is 1.56. The molecular formula is C16H28O2. The fraction of sp³-hybridized carbons (Fsp3) is 0.562. The molecule has 0 spiro atoms. The maximum Gasteiger partial charge on any atom is 0.163 e. The van der Waals surface area contributed by atoms with Crippen molar-refractivity contribution in [1.29, 1.82) is 0 Å². The van der Waals surface area contributed by atoms with Crippen molar-refractivity contribution in [1.82, 2.24) is 0 Å². The van der Waals surface area contributed by atoms with Gasteiger partial charge in [0.15, 0.2) is 5.78 Å². The number of ketones is 1. The van der Waals surface area contributed by atoms with Crippen LogP contribution < -0.4 is 0 Å². The lowest BCUT2D eigenvalue weighted by molar-refractivity contribution is -0.113. The van der Waals surface area contributed by atoms with Crippen LogP contribution in [0, 0.1) is 5.41 Å². The first kappa shape index (κ1) is 19.0. The lowest BCUT2D eigenvalue weighted by atomic mass is 9.92. The molecule has 0 heterocycles. The molecule has 0 aliphatic rings. The van der Waals surface area contributed by atoms with Gasteiger partial charge in [0.25, 0.3) is 0 Å². The zero-order valence-corrected chi connectivity index (χ0v) is 13.0. The van der Waals surface area contributed by atoms with E-state index < -0.39 is 0 Å². The van der Waals surface area contributed by atoms with Crippen LogP contribution >= 0.6 is 0 Å². The number of Topliss-reactive ketones (excluding diaryl/α,β-unsaturated/α-hetero) is 1. The van der Waals surface area contributed by atoms with Gasteiger partial charge < -0.3 is 4.74 Å². The summed E-state index contributed by atoms with van der Waals surface area (Å²) in [5.74, 6) is 0.541. The largest absolute Gasteiger partial charge is 0.496 e. The van der Waals surface area contributed by atoms with Crippen molar-refractivity contribution < 1.29 is 9.53 Å². The number of hydrogen-bond donors (Lipinski definition) is 0.